The SMILES string of the molecule is CCC1(COCCCCOc2ccc(C(=O)Oc3ccc(OC(F)(F)F)cc3)cc2)COC1. The average molecular weight is 468 g/mol. The first-order chi connectivity index (χ1) is 15.8. The Morgan fingerprint density at radius 2 is 1.55 bits per heavy atom. The molecule has 6 nitrogen and oxygen atoms in total. The quantitative estimate of drug-likeness (QED) is 0.236. The van der Waals surface area contributed by atoms with E-state index in [1.807, 2.05) is 0 Å². The van der Waals surface area contributed by atoms with Gasteiger partial charge in [0.15, 0.2) is 0 Å². The smallest absolute Gasteiger partial charge is 0.494 e. The van der Waals surface area contributed by atoms with Gasteiger partial charge in [-0.05, 0) is 67.8 Å². The Hall–Kier alpha value is -2.78. The molecular weight excluding hydrogens is 441 g/mol. The molecule has 9 heteroatoms. The molecular formula is C24H27F3O6. The highest BCUT2D eigenvalue weighted by molar-refractivity contribution is 5.91. The van der Waals surface area contributed by atoms with Crippen molar-refractivity contribution in [2.24, 2.45) is 5.41 Å². The number of ether oxygens (including phenoxy) is 5. The highest BCUT2D eigenvalue weighted by Gasteiger charge is 2.36. The van der Waals surface area contributed by atoms with Gasteiger partial charge < -0.3 is 23.7 Å². The summed E-state index contributed by atoms with van der Waals surface area (Å²) in [6, 6.07) is 11.0. The van der Waals surface area contributed by atoms with Crippen molar-refractivity contribution in [2.75, 3.05) is 33.0 Å². The molecule has 0 atom stereocenters. The van der Waals surface area contributed by atoms with Crippen LogP contribution in [0.2, 0.25) is 0 Å². The maximum atomic E-state index is 12.2. The van der Waals surface area contributed by atoms with E-state index in [0.29, 0.717) is 19.0 Å². The van der Waals surface area contributed by atoms with Crippen molar-refractivity contribution in [2.45, 2.75) is 32.5 Å². The molecule has 3 rings (SSSR count). The van der Waals surface area contributed by atoms with Crippen LogP contribution in [0.4, 0.5) is 13.2 Å². The first kappa shape index (κ1) is 24.9. The lowest BCUT2D eigenvalue weighted by molar-refractivity contribution is -0.274. The van der Waals surface area contributed by atoms with Gasteiger partial charge in [0.2, 0.25) is 0 Å². The number of halogens is 3. The number of unbranched alkanes of at least 4 members (excludes halogenated alkanes) is 1. The first-order valence-corrected chi connectivity index (χ1v) is 10.7. The molecule has 0 aliphatic carbocycles. The summed E-state index contributed by atoms with van der Waals surface area (Å²) in [5.74, 6) is -0.303. The van der Waals surface area contributed by atoms with Gasteiger partial charge in [-0.3, -0.25) is 0 Å². The maximum Gasteiger partial charge on any atom is 0.573 e. The summed E-state index contributed by atoms with van der Waals surface area (Å²) < 4.78 is 62.2. The molecule has 0 spiro atoms. The highest BCUT2D eigenvalue weighted by Crippen LogP contribution is 2.31. The molecule has 1 heterocycles. The third-order valence-electron chi connectivity index (χ3n) is 5.28. The third-order valence-corrected chi connectivity index (χ3v) is 5.28. The average Bonchev–Trinajstić information content (AvgIpc) is 2.75. The van der Waals surface area contributed by atoms with E-state index in [9.17, 15) is 18.0 Å². The third kappa shape index (κ3) is 7.94. The van der Waals surface area contributed by atoms with E-state index in [-0.39, 0.29) is 16.7 Å². The molecule has 0 saturated carbocycles. The second-order valence-electron chi connectivity index (χ2n) is 7.89. The number of carbonyl (C=O) groups excluding carboxylic acids is 1. The number of hydrogen-bond donors (Lipinski definition) is 0. The number of carbonyl (C=O) groups is 1. The molecule has 180 valence electrons. The predicted octanol–water partition coefficient (Wildman–Crippen LogP) is 5.41. The molecule has 2 aromatic rings. The monoisotopic (exact) mass is 468 g/mol. The topological polar surface area (TPSA) is 63.2 Å². The summed E-state index contributed by atoms with van der Waals surface area (Å²) in [6.45, 7) is 5.64. The first-order valence-electron chi connectivity index (χ1n) is 10.7. The maximum absolute atomic E-state index is 12.2. The van der Waals surface area contributed by atoms with Gasteiger partial charge in [-0.15, -0.1) is 13.2 Å². The van der Waals surface area contributed by atoms with E-state index in [1.54, 1.807) is 24.3 Å². The van der Waals surface area contributed by atoms with Gasteiger partial charge >= 0.3 is 12.3 Å². The van der Waals surface area contributed by atoms with Crippen molar-refractivity contribution >= 4 is 5.97 Å². The molecule has 0 bridgehead atoms. The van der Waals surface area contributed by atoms with Crippen LogP contribution in [0.3, 0.4) is 0 Å². The van der Waals surface area contributed by atoms with Crippen molar-refractivity contribution in [1.82, 2.24) is 0 Å². The molecule has 0 unspecified atom stereocenters. The van der Waals surface area contributed by atoms with Crippen LogP contribution >= 0.6 is 0 Å². The van der Waals surface area contributed by atoms with Crippen LogP contribution < -0.4 is 14.2 Å². The molecule has 0 amide bonds. The summed E-state index contributed by atoms with van der Waals surface area (Å²) in [5, 5.41) is 0. The molecule has 1 fully saturated rings. The normalized spacial score (nSPS) is 14.9. The van der Waals surface area contributed by atoms with Crippen LogP contribution in [0.5, 0.6) is 17.2 Å². The lowest BCUT2D eigenvalue weighted by Gasteiger charge is -2.40. The number of rotatable bonds is 12. The van der Waals surface area contributed by atoms with Gasteiger partial charge in [0.25, 0.3) is 0 Å². The van der Waals surface area contributed by atoms with Crippen molar-refractivity contribution < 1.29 is 41.7 Å². The van der Waals surface area contributed by atoms with Crippen LogP contribution in [0.15, 0.2) is 48.5 Å². The molecule has 0 aromatic heterocycles. The Kier molecular flexibility index (Phi) is 8.57. The summed E-state index contributed by atoms with van der Waals surface area (Å²) in [7, 11) is 0. The van der Waals surface area contributed by atoms with Gasteiger partial charge in [-0.1, -0.05) is 6.92 Å². The molecule has 2 aromatic carbocycles. The largest absolute Gasteiger partial charge is 0.573 e. The van der Waals surface area contributed by atoms with Crippen LogP contribution in [-0.4, -0.2) is 45.4 Å². The minimum absolute atomic E-state index is 0.103. The minimum atomic E-state index is -4.78. The van der Waals surface area contributed by atoms with Gasteiger partial charge in [-0.25, -0.2) is 4.79 Å². The van der Waals surface area contributed by atoms with Crippen molar-refractivity contribution in [3.63, 3.8) is 0 Å². The molecule has 1 aliphatic rings. The molecule has 0 N–H and O–H groups in total. The van der Waals surface area contributed by atoms with Crippen LogP contribution in [0, 0.1) is 5.41 Å². The summed E-state index contributed by atoms with van der Waals surface area (Å²) in [4.78, 5) is 12.2. The zero-order valence-electron chi connectivity index (χ0n) is 18.4. The van der Waals surface area contributed by atoms with E-state index in [2.05, 4.69) is 11.7 Å². The fourth-order valence-electron chi connectivity index (χ4n) is 3.13. The second-order valence-corrected chi connectivity index (χ2v) is 7.89. The summed E-state index contributed by atoms with van der Waals surface area (Å²) in [5.41, 5.74) is 0.487. The zero-order chi connectivity index (χ0) is 23.7. The standard InChI is InChI=1S/C24H27F3O6/c1-2-23(16-30-17-23)15-29-13-3-4-14-31-19-7-5-18(6-8-19)22(28)32-20-9-11-21(12-10-20)33-24(25,26)27/h5-12H,2-4,13-17H2,1H3. The van der Waals surface area contributed by atoms with Crippen LogP contribution in [0.25, 0.3) is 0 Å². The Morgan fingerprint density at radius 1 is 0.939 bits per heavy atom. The summed E-state index contributed by atoms with van der Waals surface area (Å²) in [6.07, 6.45) is -1.99. The Labute approximate surface area is 190 Å². The van der Waals surface area contributed by atoms with E-state index in [1.165, 1.54) is 12.1 Å². The lowest BCUT2D eigenvalue weighted by Crippen LogP contribution is -2.45. The molecule has 0 radical (unpaired) electrons. The van der Waals surface area contributed by atoms with Crippen molar-refractivity contribution in [1.29, 1.82) is 0 Å². The van der Waals surface area contributed by atoms with E-state index >= 15 is 0 Å². The van der Waals surface area contributed by atoms with Crippen LogP contribution in [0.1, 0.15) is 36.5 Å². The number of esters is 1. The second kappa shape index (κ2) is 11.4. The number of alkyl halides is 3. The van der Waals surface area contributed by atoms with Gasteiger partial charge in [0.1, 0.15) is 17.2 Å². The minimum Gasteiger partial charge on any atom is -0.494 e. The zero-order valence-corrected chi connectivity index (χ0v) is 18.4. The fraction of sp³-hybridized carbons (Fsp3) is 0.458. The summed E-state index contributed by atoms with van der Waals surface area (Å²) >= 11 is 0. The lowest BCUT2D eigenvalue weighted by atomic mass is 9.84. The molecule has 33 heavy (non-hydrogen) atoms. The fourth-order valence-corrected chi connectivity index (χ4v) is 3.13. The van der Waals surface area contributed by atoms with E-state index in [4.69, 9.17) is 18.9 Å². The van der Waals surface area contributed by atoms with Gasteiger partial charge in [0.05, 0.1) is 32.0 Å². The molecule has 1 aliphatic heterocycles. The van der Waals surface area contributed by atoms with Crippen molar-refractivity contribution in [3.05, 3.63) is 54.1 Å². The number of hydrogen-bond acceptors (Lipinski definition) is 6. The predicted molar refractivity (Wildman–Crippen MR) is 114 cm³/mol. The van der Waals surface area contributed by atoms with Gasteiger partial charge in [0, 0.05) is 12.0 Å². The molecule has 1 saturated heterocycles. The Balaban J connectivity index is 1.34. The highest BCUT2D eigenvalue weighted by atomic mass is 19.4. The Morgan fingerprint density at radius 3 is 2.12 bits per heavy atom. The Bertz CT molecular complexity index is 871. The van der Waals surface area contributed by atoms with E-state index < -0.39 is 18.1 Å². The van der Waals surface area contributed by atoms with Gasteiger partial charge in [-0.2, -0.15) is 0 Å². The van der Waals surface area contributed by atoms with E-state index in [0.717, 1.165) is 51.2 Å². The van der Waals surface area contributed by atoms with Crippen LogP contribution in [-0.2, 0) is 9.47 Å². The van der Waals surface area contributed by atoms with Crippen molar-refractivity contribution in [3.8, 4) is 17.2 Å². The number of benzene rings is 2.